The van der Waals surface area contributed by atoms with E-state index in [0.29, 0.717) is 13.0 Å². The monoisotopic (exact) mass is 332 g/mol. The van der Waals surface area contributed by atoms with Crippen LogP contribution in [-0.2, 0) is 9.59 Å². The van der Waals surface area contributed by atoms with Crippen molar-refractivity contribution in [2.24, 2.45) is 0 Å². The standard InChI is InChI=1S/C18H28N4O2/c1-15(23)22(17-7-5-16(6-8-17)19(2)3)10-9-18(24)21-13-11-20(4)12-14-21/h5-8H,9-14H2,1-4H3. The Morgan fingerprint density at radius 3 is 2.04 bits per heavy atom. The van der Waals surface area contributed by atoms with E-state index in [4.69, 9.17) is 0 Å². The van der Waals surface area contributed by atoms with Crippen LogP contribution in [-0.4, -0.2) is 75.5 Å². The van der Waals surface area contributed by atoms with Gasteiger partial charge in [-0.3, -0.25) is 9.59 Å². The van der Waals surface area contributed by atoms with Gasteiger partial charge in [-0.05, 0) is 31.3 Å². The fourth-order valence-electron chi connectivity index (χ4n) is 2.82. The van der Waals surface area contributed by atoms with Gasteiger partial charge in [-0.15, -0.1) is 0 Å². The van der Waals surface area contributed by atoms with Gasteiger partial charge in [-0.25, -0.2) is 0 Å². The fourth-order valence-corrected chi connectivity index (χ4v) is 2.82. The van der Waals surface area contributed by atoms with Gasteiger partial charge in [0.25, 0.3) is 0 Å². The van der Waals surface area contributed by atoms with Crippen LogP contribution in [0.1, 0.15) is 13.3 Å². The highest BCUT2D eigenvalue weighted by Crippen LogP contribution is 2.20. The molecule has 0 unspecified atom stereocenters. The fraction of sp³-hybridized carbons (Fsp3) is 0.556. The van der Waals surface area contributed by atoms with Crippen molar-refractivity contribution in [1.29, 1.82) is 0 Å². The number of anilines is 2. The lowest BCUT2D eigenvalue weighted by molar-refractivity contribution is -0.132. The molecule has 2 amide bonds. The Kier molecular flexibility index (Phi) is 6.20. The van der Waals surface area contributed by atoms with Crippen LogP contribution in [0, 0.1) is 0 Å². The molecule has 2 rings (SSSR count). The Labute approximate surface area is 144 Å². The highest BCUT2D eigenvalue weighted by atomic mass is 16.2. The van der Waals surface area contributed by atoms with Crippen molar-refractivity contribution in [2.45, 2.75) is 13.3 Å². The second-order valence-electron chi connectivity index (χ2n) is 6.52. The summed E-state index contributed by atoms with van der Waals surface area (Å²) in [7, 11) is 6.02. The summed E-state index contributed by atoms with van der Waals surface area (Å²) >= 11 is 0. The number of likely N-dealkylation sites (N-methyl/N-ethyl adjacent to an activating group) is 1. The van der Waals surface area contributed by atoms with E-state index in [1.54, 1.807) is 11.8 Å². The van der Waals surface area contributed by atoms with Crippen molar-refractivity contribution >= 4 is 23.2 Å². The van der Waals surface area contributed by atoms with Crippen LogP contribution in [0.15, 0.2) is 24.3 Å². The molecule has 0 atom stereocenters. The number of hydrogen-bond acceptors (Lipinski definition) is 4. The van der Waals surface area contributed by atoms with E-state index in [9.17, 15) is 9.59 Å². The Bertz CT molecular complexity index is 563. The molecule has 6 nitrogen and oxygen atoms in total. The number of piperazine rings is 1. The van der Waals surface area contributed by atoms with Crippen LogP contribution in [0.3, 0.4) is 0 Å². The molecular weight excluding hydrogens is 304 g/mol. The summed E-state index contributed by atoms with van der Waals surface area (Å²) in [6.07, 6.45) is 0.360. The van der Waals surface area contributed by atoms with Gasteiger partial charge in [0.15, 0.2) is 0 Å². The molecule has 1 fully saturated rings. The maximum absolute atomic E-state index is 12.4. The Morgan fingerprint density at radius 2 is 1.54 bits per heavy atom. The van der Waals surface area contributed by atoms with Crippen LogP contribution < -0.4 is 9.80 Å². The molecule has 24 heavy (non-hydrogen) atoms. The average molecular weight is 332 g/mol. The van der Waals surface area contributed by atoms with Gasteiger partial charge in [0, 0.05) is 71.5 Å². The SMILES string of the molecule is CC(=O)N(CCC(=O)N1CCN(C)CC1)c1ccc(N(C)C)cc1. The van der Waals surface area contributed by atoms with E-state index in [1.807, 2.05) is 48.2 Å². The summed E-state index contributed by atoms with van der Waals surface area (Å²) < 4.78 is 0. The second-order valence-corrected chi connectivity index (χ2v) is 6.52. The third kappa shape index (κ3) is 4.71. The van der Waals surface area contributed by atoms with E-state index in [1.165, 1.54) is 0 Å². The average Bonchev–Trinajstić information content (AvgIpc) is 2.55. The minimum absolute atomic E-state index is 0.0428. The van der Waals surface area contributed by atoms with Crippen LogP contribution in [0.4, 0.5) is 11.4 Å². The molecule has 1 aliphatic rings. The zero-order valence-corrected chi connectivity index (χ0v) is 15.2. The number of nitrogens with zero attached hydrogens (tertiary/aromatic N) is 4. The lowest BCUT2D eigenvalue weighted by Crippen LogP contribution is -2.47. The minimum Gasteiger partial charge on any atom is -0.378 e. The van der Waals surface area contributed by atoms with Gasteiger partial charge in [-0.1, -0.05) is 0 Å². The Morgan fingerprint density at radius 1 is 1.00 bits per heavy atom. The summed E-state index contributed by atoms with van der Waals surface area (Å²) in [5.74, 6) is 0.0815. The summed E-state index contributed by atoms with van der Waals surface area (Å²) in [4.78, 5) is 32.2. The molecule has 1 heterocycles. The smallest absolute Gasteiger partial charge is 0.224 e. The number of hydrogen-bond donors (Lipinski definition) is 0. The highest BCUT2D eigenvalue weighted by molar-refractivity contribution is 5.92. The van der Waals surface area contributed by atoms with Crippen molar-refractivity contribution in [3.8, 4) is 0 Å². The molecule has 0 N–H and O–H groups in total. The van der Waals surface area contributed by atoms with E-state index < -0.39 is 0 Å². The molecular formula is C18H28N4O2. The lowest BCUT2D eigenvalue weighted by atomic mass is 10.2. The maximum atomic E-state index is 12.4. The van der Waals surface area contributed by atoms with Crippen molar-refractivity contribution in [3.63, 3.8) is 0 Å². The largest absolute Gasteiger partial charge is 0.378 e. The van der Waals surface area contributed by atoms with E-state index in [0.717, 1.165) is 37.6 Å². The van der Waals surface area contributed by atoms with Gasteiger partial charge in [0.1, 0.15) is 0 Å². The third-order valence-corrected chi connectivity index (χ3v) is 4.46. The first-order valence-corrected chi connectivity index (χ1v) is 8.40. The highest BCUT2D eigenvalue weighted by Gasteiger charge is 2.20. The van der Waals surface area contributed by atoms with Crippen LogP contribution in [0.2, 0.25) is 0 Å². The van der Waals surface area contributed by atoms with Crippen LogP contribution in [0.5, 0.6) is 0 Å². The molecule has 0 aliphatic carbocycles. The van der Waals surface area contributed by atoms with Gasteiger partial charge in [0.05, 0.1) is 0 Å². The molecule has 6 heteroatoms. The molecule has 0 bridgehead atoms. The van der Waals surface area contributed by atoms with Crippen molar-refractivity contribution in [3.05, 3.63) is 24.3 Å². The van der Waals surface area contributed by atoms with Gasteiger partial charge < -0.3 is 19.6 Å². The predicted molar refractivity (Wildman–Crippen MR) is 97.5 cm³/mol. The van der Waals surface area contributed by atoms with Gasteiger partial charge in [-0.2, -0.15) is 0 Å². The first-order valence-electron chi connectivity index (χ1n) is 8.40. The number of carbonyl (C=O) groups is 2. The summed E-state index contributed by atoms with van der Waals surface area (Å²) in [5, 5.41) is 0. The molecule has 1 aromatic carbocycles. The molecule has 1 aromatic rings. The van der Waals surface area contributed by atoms with E-state index in [2.05, 4.69) is 11.9 Å². The third-order valence-electron chi connectivity index (χ3n) is 4.46. The maximum Gasteiger partial charge on any atom is 0.224 e. The van der Waals surface area contributed by atoms with Gasteiger partial charge in [0.2, 0.25) is 11.8 Å². The zero-order valence-electron chi connectivity index (χ0n) is 15.2. The minimum atomic E-state index is -0.0428. The predicted octanol–water partition coefficient (Wildman–Crippen LogP) is 1.27. The summed E-state index contributed by atoms with van der Waals surface area (Å²) in [6.45, 7) is 5.32. The topological polar surface area (TPSA) is 47.1 Å². The zero-order chi connectivity index (χ0) is 17.7. The molecule has 0 aromatic heterocycles. The Balaban J connectivity index is 1.96. The molecule has 0 radical (unpaired) electrons. The molecule has 0 spiro atoms. The second kappa shape index (κ2) is 8.15. The van der Waals surface area contributed by atoms with Crippen molar-refractivity contribution in [1.82, 2.24) is 9.80 Å². The quantitative estimate of drug-likeness (QED) is 0.815. The van der Waals surface area contributed by atoms with Gasteiger partial charge >= 0.3 is 0 Å². The van der Waals surface area contributed by atoms with Crippen LogP contribution >= 0.6 is 0 Å². The lowest BCUT2D eigenvalue weighted by Gasteiger charge is -2.33. The molecule has 1 aliphatic heterocycles. The molecule has 0 saturated carbocycles. The number of amides is 2. The summed E-state index contributed by atoms with van der Waals surface area (Å²) in [5.41, 5.74) is 1.91. The molecule has 1 saturated heterocycles. The number of carbonyl (C=O) groups excluding carboxylic acids is 2. The first kappa shape index (κ1) is 18.3. The molecule has 132 valence electrons. The number of benzene rings is 1. The normalized spacial score (nSPS) is 15.2. The van der Waals surface area contributed by atoms with Crippen molar-refractivity contribution < 1.29 is 9.59 Å². The van der Waals surface area contributed by atoms with Crippen LogP contribution in [0.25, 0.3) is 0 Å². The summed E-state index contributed by atoms with van der Waals surface area (Å²) in [6, 6.07) is 7.81. The van der Waals surface area contributed by atoms with E-state index in [-0.39, 0.29) is 11.8 Å². The first-order chi connectivity index (χ1) is 11.4. The Hall–Kier alpha value is -2.08. The van der Waals surface area contributed by atoms with Crippen molar-refractivity contribution in [2.75, 3.05) is 63.7 Å². The number of rotatable bonds is 5. The van der Waals surface area contributed by atoms with E-state index >= 15 is 0 Å².